The lowest BCUT2D eigenvalue weighted by atomic mass is 10.2. The average Bonchev–Trinajstić information content (AvgIpc) is 2.70. The Morgan fingerprint density at radius 1 is 1.00 bits per heavy atom. The molecule has 0 aliphatic carbocycles. The predicted octanol–water partition coefficient (Wildman–Crippen LogP) is 3.73. The van der Waals surface area contributed by atoms with Crippen molar-refractivity contribution in [2.45, 2.75) is 20.1 Å². The second-order valence-corrected chi connectivity index (χ2v) is 5.99. The number of aromatic nitrogens is 1. The van der Waals surface area contributed by atoms with E-state index in [-0.39, 0.29) is 0 Å². The molecule has 140 valence electrons. The van der Waals surface area contributed by atoms with E-state index < -0.39 is 6.29 Å². The van der Waals surface area contributed by atoms with Gasteiger partial charge in [0.05, 0.1) is 30.8 Å². The van der Waals surface area contributed by atoms with Gasteiger partial charge >= 0.3 is 0 Å². The molecule has 0 spiro atoms. The third-order valence-electron chi connectivity index (χ3n) is 4.20. The number of benzene rings is 1. The van der Waals surface area contributed by atoms with E-state index in [2.05, 4.69) is 39.5 Å². The Kier molecular flexibility index (Phi) is 6.82. The first-order valence-corrected chi connectivity index (χ1v) is 9.19. The smallest absolute Gasteiger partial charge is 0.201 e. The van der Waals surface area contributed by atoms with Crippen molar-refractivity contribution in [2.24, 2.45) is 0 Å². The Labute approximate surface area is 155 Å². The molecule has 1 N–H and O–H groups in total. The van der Waals surface area contributed by atoms with Crippen LogP contribution >= 0.6 is 0 Å². The Hall–Kier alpha value is -2.15. The molecule has 6 nitrogen and oxygen atoms in total. The highest BCUT2D eigenvalue weighted by atomic mass is 16.7. The molecule has 1 aliphatic rings. The van der Waals surface area contributed by atoms with Gasteiger partial charge in [0.1, 0.15) is 0 Å². The summed E-state index contributed by atoms with van der Waals surface area (Å²) in [6.45, 7) is 8.54. The zero-order valence-electron chi connectivity index (χ0n) is 15.5. The minimum absolute atomic E-state index is 0.410. The summed E-state index contributed by atoms with van der Waals surface area (Å²) in [7, 11) is 0. The fourth-order valence-corrected chi connectivity index (χ4v) is 2.88. The van der Waals surface area contributed by atoms with Crippen molar-refractivity contribution in [2.75, 3.05) is 49.7 Å². The molecule has 1 aromatic carbocycles. The molecule has 1 aromatic heterocycles. The Bertz CT molecular complexity index is 649. The van der Waals surface area contributed by atoms with Crippen molar-refractivity contribution in [3.63, 3.8) is 0 Å². The number of nitrogens with one attached hydrogen (secondary N) is 1. The molecule has 0 amide bonds. The van der Waals surface area contributed by atoms with E-state index in [1.165, 1.54) is 5.69 Å². The lowest BCUT2D eigenvalue weighted by molar-refractivity contribution is -0.142. The van der Waals surface area contributed by atoms with Crippen LogP contribution in [0.25, 0.3) is 0 Å². The fourth-order valence-electron chi connectivity index (χ4n) is 2.88. The predicted molar refractivity (Wildman–Crippen MR) is 103 cm³/mol. The van der Waals surface area contributed by atoms with Crippen molar-refractivity contribution in [1.29, 1.82) is 0 Å². The number of nitrogens with zero attached hydrogens (tertiary/aromatic N) is 2. The highest BCUT2D eigenvalue weighted by Gasteiger charge is 2.13. The fraction of sp³-hybridized carbons (Fsp3) is 0.450. The second kappa shape index (κ2) is 9.52. The topological polar surface area (TPSA) is 55.9 Å². The van der Waals surface area contributed by atoms with Gasteiger partial charge in [0.15, 0.2) is 0 Å². The molecule has 26 heavy (non-hydrogen) atoms. The number of morpholine rings is 1. The molecule has 0 unspecified atom stereocenters. The van der Waals surface area contributed by atoms with E-state index in [0.717, 1.165) is 43.4 Å². The van der Waals surface area contributed by atoms with Gasteiger partial charge in [-0.1, -0.05) is 0 Å². The van der Waals surface area contributed by atoms with Gasteiger partial charge in [-0.3, -0.25) is 4.98 Å². The SMILES string of the molecule is CCOC(OCC)c1ccc(Nc2ccc(N3CCOCC3)cc2)cn1. The van der Waals surface area contributed by atoms with Crippen LogP contribution in [0.2, 0.25) is 0 Å². The Morgan fingerprint density at radius 3 is 2.23 bits per heavy atom. The van der Waals surface area contributed by atoms with Crippen LogP contribution in [-0.4, -0.2) is 44.5 Å². The number of hydrogen-bond donors (Lipinski definition) is 1. The van der Waals surface area contributed by atoms with Gasteiger partial charge in [0, 0.05) is 37.7 Å². The van der Waals surface area contributed by atoms with E-state index >= 15 is 0 Å². The zero-order valence-corrected chi connectivity index (χ0v) is 15.5. The van der Waals surface area contributed by atoms with Crippen molar-refractivity contribution in [3.05, 3.63) is 48.3 Å². The molecule has 2 aromatic rings. The van der Waals surface area contributed by atoms with Crippen LogP contribution in [0.4, 0.5) is 17.1 Å². The highest BCUT2D eigenvalue weighted by molar-refractivity contribution is 5.62. The molecule has 0 atom stereocenters. The van der Waals surface area contributed by atoms with Crippen LogP contribution in [0.15, 0.2) is 42.6 Å². The first kappa shape index (κ1) is 18.6. The minimum Gasteiger partial charge on any atom is -0.378 e. The van der Waals surface area contributed by atoms with E-state index in [4.69, 9.17) is 14.2 Å². The molecule has 0 bridgehead atoms. The molecular weight excluding hydrogens is 330 g/mol. The average molecular weight is 357 g/mol. The second-order valence-electron chi connectivity index (χ2n) is 5.99. The van der Waals surface area contributed by atoms with E-state index in [1.807, 2.05) is 26.0 Å². The van der Waals surface area contributed by atoms with E-state index in [0.29, 0.717) is 13.2 Å². The first-order chi connectivity index (χ1) is 12.8. The molecule has 1 saturated heterocycles. The van der Waals surface area contributed by atoms with Crippen molar-refractivity contribution in [1.82, 2.24) is 4.98 Å². The maximum atomic E-state index is 5.58. The van der Waals surface area contributed by atoms with Crippen LogP contribution in [-0.2, 0) is 14.2 Å². The monoisotopic (exact) mass is 357 g/mol. The molecule has 1 aliphatic heterocycles. The van der Waals surface area contributed by atoms with E-state index in [9.17, 15) is 0 Å². The quantitative estimate of drug-likeness (QED) is 0.727. The molecule has 0 radical (unpaired) electrons. The number of ether oxygens (including phenoxy) is 3. The van der Waals surface area contributed by atoms with Crippen LogP contribution in [0.3, 0.4) is 0 Å². The van der Waals surface area contributed by atoms with Gasteiger partial charge in [-0.2, -0.15) is 0 Å². The summed E-state index contributed by atoms with van der Waals surface area (Å²) < 4.78 is 16.6. The molecule has 0 saturated carbocycles. The van der Waals surface area contributed by atoms with Crippen LogP contribution in [0.5, 0.6) is 0 Å². The van der Waals surface area contributed by atoms with Crippen LogP contribution in [0, 0.1) is 0 Å². The summed E-state index contributed by atoms with van der Waals surface area (Å²) in [6, 6.07) is 12.4. The van der Waals surface area contributed by atoms with Crippen molar-refractivity contribution >= 4 is 17.1 Å². The molecule has 6 heteroatoms. The van der Waals surface area contributed by atoms with Crippen molar-refractivity contribution < 1.29 is 14.2 Å². The number of hydrogen-bond acceptors (Lipinski definition) is 6. The highest BCUT2D eigenvalue weighted by Crippen LogP contribution is 2.23. The molecule has 2 heterocycles. The molecule has 3 rings (SSSR count). The maximum absolute atomic E-state index is 5.58. The zero-order chi connectivity index (χ0) is 18.2. The van der Waals surface area contributed by atoms with Gasteiger partial charge in [-0.15, -0.1) is 0 Å². The summed E-state index contributed by atoms with van der Waals surface area (Å²) in [6.07, 6.45) is 1.39. The van der Waals surface area contributed by atoms with Crippen LogP contribution < -0.4 is 10.2 Å². The molecular formula is C20H27N3O3. The summed E-state index contributed by atoms with van der Waals surface area (Å²) in [5.74, 6) is 0. The van der Waals surface area contributed by atoms with Gasteiger partial charge in [0.2, 0.25) is 6.29 Å². The normalized spacial score (nSPS) is 14.7. The number of pyridine rings is 1. The largest absolute Gasteiger partial charge is 0.378 e. The van der Waals surface area contributed by atoms with Gasteiger partial charge in [0.25, 0.3) is 0 Å². The van der Waals surface area contributed by atoms with Gasteiger partial charge in [-0.25, -0.2) is 0 Å². The third kappa shape index (κ3) is 4.94. The van der Waals surface area contributed by atoms with Gasteiger partial charge < -0.3 is 24.4 Å². The summed E-state index contributed by atoms with van der Waals surface area (Å²) >= 11 is 0. The van der Waals surface area contributed by atoms with Gasteiger partial charge in [-0.05, 0) is 50.2 Å². The van der Waals surface area contributed by atoms with E-state index in [1.54, 1.807) is 6.20 Å². The molecule has 1 fully saturated rings. The Morgan fingerprint density at radius 2 is 1.65 bits per heavy atom. The third-order valence-corrected chi connectivity index (χ3v) is 4.20. The van der Waals surface area contributed by atoms with Crippen LogP contribution in [0.1, 0.15) is 25.8 Å². The lowest BCUT2D eigenvalue weighted by Gasteiger charge is -2.28. The summed E-state index contributed by atoms with van der Waals surface area (Å²) in [5.41, 5.74) is 3.97. The number of rotatable bonds is 8. The standard InChI is InChI=1S/C20H27N3O3/c1-3-25-20(26-4-2)19-10-7-17(15-21-19)22-16-5-8-18(9-6-16)23-11-13-24-14-12-23/h5-10,15,20,22H,3-4,11-14H2,1-2H3. The maximum Gasteiger partial charge on any atom is 0.201 e. The summed E-state index contributed by atoms with van der Waals surface area (Å²) in [4.78, 5) is 6.81. The number of anilines is 3. The Balaban J connectivity index is 1.61. The minimum atomic E-state index is -0.410. The lowest BCUT2D eigenvalue weighted by Crippen LogP contribution is -2.36. The summed E-state index contributed by atoms with van der Waals surface area (Å²) in [5, 5.41) is 3.38. The first-order valence-electron chi connectivity index (χ1n) is 9.19. The van der Waals surface area contributed by atoms with Crippen molar-refractivity contribution in [3.8, 4) is 0 Å².